The number of rotatable bonds is 4. The van der Waals surface area contributed by atoms with Crippen LogP contribution in [0.25, 0.3) is 11.0 Å². The van der Waals surface area contributed by atoms with E-state index in [9.17, 15) is 77.8 Å². The van der Waals surface area contributed by atoms with Crippen molar-refractivity contribution in [3.8, 4) is 35.5 Å². The van der Waals surface area contributed by atoms with Crippen molar-refractivity contribution in [1.82, 2.24) is 54.9 Å². The number of nitrogen functional groups attached to an aromatic ring is 1. The van der Waals surface area contributed by atoms with E-state index >= 15 is 0 Å². The molecule has 3 spiro atoms. The number of nitrogens with one attached hydrogen (secondary N) is 6. The zero-order chi connectivity index (χ0) is 75.3. The number of hydrogen-bond acceptors (Lipinski definition) is 28. The standard InChI is InChI=1S/C63H62IN15O25P2/c1-29-36-11-7-31(14-39(36)78(88)89)5-9-33-25-75(54-52(33)53(66)70-28-71-54)49-16-42(80)61(97-49)20-46(61)103-105(92,93)102-44-18-51-77-27-35(56(83)74-60(77)87)10-6-32-8-12-37(40(15-32)79(90)91)30(2)96-41(23-68-57(84)38(22-65)72-29)58(85)69-24-48(81)67-13-3-4-34-26-76(59(86)73-55(34)82)50-17-43(62(98-50)19-45(62)100-64)101-106(94,95)104-47-21-63(44,47)99-51/h7-8,11-12,14-15,25-30,38,41-47,49-51,72,80H,13,16-24,65H2,1-2H3,(H,67,81)(H,68,84)(H,69,85)(H,92,93)(H,94,95)(H2,66,70,71)(H,73,82,86)(H,74,83,87). The molecule has 6 aromatic rings. The maximum Gasteiger partial charge on any atom is 0.472 e. The highest BCUT2D eigenvalue weighted by atomic mass is 127. The Morgan fingerprint density at radius 3 is 1.86 bits per heavy atom. The van der Waals surface area contributed by atoms with Crippen molar-refractivity contribution < 1.29 is 88.4 Å². The van der Waals surface area contributed by atoms with Crippen LogP contribution in [0, 0.1) is 55.8 Å². The number of amides is 3. The van der Waals surface area contributed by atoms with Crippen LogP contribution in [-0.4, -0.2) is 168 Å². The van der Waals surface area contributed by atoms with Gasteiger partial charge in [0, 0.05) is 98.5 Å². The number of nitro groups is 2. The maximum absolute atomic E-state index is 14.6. The number of hydrogen-bond donors (Lipinski definition) is 11. The predicted molar refractivity (Wildman–Crippen MR) is 367 cm³/mol. The molecule has 16 rings (SSSR count). The average molecular weight is 1620 g/mol. The molecule has 0 radical (unpaired) electrons. The Bertz CT molecular complexity index is 5270. The Morgan fingerprint density at radius 1 is 0.689 bits per heavy atom. The van der Waals surface area contributed by atoms with Gasteiger partial charge in [-0.25, -0.2) is 28.7 Å². The van der Waals surface area contributed by atoms with Crippen molar-refractivity contribution in [3.05, 3.63) is 162 Å². The van der Waals surface area contributed by atoms with Gasteiger partial charge < -0.3 is 68.9 Å². The number of aromatic amines is 2. The summed E-state index contributed by atoms with van der Waals surface area (Å²) in [6.07, 6.45) is -12.5. The largest absolute Gasteiger partial charge is 0.472 e. The number of H-pyrrole nitrogens is 2. The van der Waals surface area contributed by atoms with Crippen LogP contribution in [0.15, 0.2) is 80.5 Å². The summed E-state index contributed by atoms with van der Waals surface area (Å²) in [5, 5.41) is 48.0. The molecule has 3 amide bonds. The van der Waals surface area contributed by atoms with E-state index in [1.807, 2.05) is 0 Å². The second kappa shape index (κ2) is 28.1. The van der Waals surface area contributed by atoms with E-state index in [0.717, 1.165) is 33.9 Å². The quantitative estimate of drug-likeness (QED) is 0.0361. The molecule has 13 N–H and O–H groups in total. The van der Waals surface area contributed by atoms with Crippen LogP contribution >= 0.6 is 38.7 Å². The molecule has 43 heteroatoms. The van der Waals surface area contributed by atoms with Gasteiger partial charge in [0.25, 0.3) is 28.4 Å². The number of phosphoric acid groups is 2. The molecule has 6 fully saturated rings. The number of carbonyl (C=O) groups is 3. The normalized spacial score (nSPS) is 33.6. The van der Waals surface area contributed by atoms with Gasteiger partial charge in [0.2, 0.25) is 11.8 Å². The molecule has 556 valence electrons. The third-order valence-corrected chi connectivity index (χ3v) is 22.2. The molecule has 3 saturated carbocycles. The van der Waals surface area contributed by atoms with Crippen LogP contribution in [0.2, 0.25) is 0 Å². The molecule has 3 saturated heterocycles. The Morgan fingerprint density at radius 2 is 1.24 bits per heavy atom. The van der Waals surface area contributed by atoms with Crippen molar-refractivity contribution in [1.29, 1.82) is 0 Å². The number of phosphoric ester groups is 2. The third-order valence-electron chi connectivity index (χ3n) is 19.5. The van der Waals surface area contributed by atoms with Crippen molar-refractivity contribution in [3.63, 3.8) is 0 Å². The minimum absolute atomic E-state index is 0.0389. The molecule has 106 heavy (non-hydrogen) atoms. The molecule has 18 atom stereocenters. The fourth-order valence-corrected chi connectivity index (χ4v) is 16.9. The minimum Gasteiger partial charge on any atom is -0.390 e. The molecular formula is C63H62IN15O25P2. The van der Waals surface area contributed by atoms with Gasteiger partial charge in [-0.3, -0.25) is 86.7 Å². The topological polar surface area (TPSA) is 556 Å². The number of aromatic nitrogens is 7. The van der Waals surface area contributed by atoms with Gasteiger partial charge in [-0.1, -0.05) is 35.5 Å². The molecule has 7 aliphatic heterocycles. The summed E-state index contributed by atoms with van der Waals surface area (Å²) in [4.78, 5) is 156. The lowest BCUT2D eigenvalue weighted by Crippen LogP contribution is -2.53. The van der Waals surface area contributed by atoms with E-state index in [1.165, 1.54) is 54.9 Å². The highest BCUT2D eigenvalue weighted by Gasteiger charge is 2.74. The van der Waals surface area contributed by atoms with Crippen molar-refractivity contribution in [2.45, 2.75) is 149 Å². The van der Waals surface area contributed by atoms with Crippen LogP contribution in [0.4, 0.5) is 17.2 Å². The van der Waals surface area contributed by atoms with Gasteiger partial charge in [0.05, 0.1) is 64.2 Å². The lowest BCUT2D eigenvalue weighted by Gasteiger charge is -2.25. The third kappa shape index (κ3) is 14.2. The number of ether oxygens (including phenoxy) is 4. The fraction of sp³-hybridized carbons (Fsp3) is 0.444. The smallest absolute Gasteiger partial charge is 0.390 e. The summed E-state index contributed by atoms with van der Waals surface area (Å²) >= 11 is 1.58. The van der Waals surface area contributed by atoms with E-state index in [0.29, 0.717) is 0 Å². The molecule has 11 heterocycles. The van der Waals surface area contributed by atoms with Crippen molar-refractivity contribution in [2.75, 3.05) is 31.9 Å². The van der Waals surface area contributed by atoms with Gasteiger partial charge in [0.15, 0.2) is 6.10 Å². The number of nitrogens with zero attached hydrogens (tertiary/aromatic N) is 7. The molecule has 4 aromatic heterocycles. The first kappa shape index (κ1) is 73.6. The molecule has 2 aromatic carbocycles. The molecule has 18 unspecified atom stereocenters. The molecule has 3 aliphatic carbocycles. The van der Waals surface area contributed by atoms with Crippen LogP contribution in [0.1, 0.15) is 122 Å². The molecule has 10 aliphatic rings. The van der Waals surface area contributed by atoms with Gasteiger partial charge in [-0.05, 0) is 38.1 Å². The molecule has 40 nitrogen and oxygen atoms in total. The highest BCUT2D eigenvalue weighted by molar-refractivity contribution is 14.1. The Hall–Kier alpha value is -9.26. The number of benzene rings is 2. The van der Waals surface area contributed by atoms with Crippen LogP contribution < -0.4 is 55.2 Å². The van der Waals surface area contributed by atoms with Crippen molar-refractivity contribution >= 4 is 84.6 Å². The second-order valence-corrected chi connectivity index (χ2v) is 29.4. The number of aliphatic hydroxyl groups is 1. The Labute approximate surface area is 609 Å². The zero-order valence-corrected chi connectivity index (χ0v) is 59.2. The minimum atomic E-state index is -5.45. The SMILES string of the molecule is CC1NC(CN)C(=O)NCC2OC(C)c3ccc(cc3[N+](=O)[O-])C#Cc3cn(c(=O)[nH]c3=O)C3CC(OP(=O)(O)OC4CC45OC(CC5O)n4cc(c5c(N)ncnc54)C#Cc4ccc1c([N+](=O)[O-])c4)C1(CC1OP(=O)(O)OC1CC(OC14CC4OI)n1cc(c(=O)[nH]c1=O)C#CCNC(=O)CNC2=O)O3. The van der Waals surface area contributed by atoms with Gasteiger partial charge in [-0.2, -0.15) is 0 Å². The highest BCUT2D eigenvalue weighted by Crippen LogP contribution is 2.68. The monoisotopic (exact) mass is 1620 g/mol. The number of fused-ring (bicyclic) bond motifs is 19. The maximum atomic E-state index is 14.6. The number of carbonyl (C=O) groups excluding carboxylic acids is 3. The summed E-state index contributed by atoms with van der Waals surface area (Å²) in [6.45, 7) is 0.499. The number of nitrogens with two attached hydrogens (primary N) is 2. The first-order chi connectivity index (χ1) is 50.4. The number of nitro benzene ring substituents is 2. The zero-order valence-electron chi connectivity index (χ0n) is 55.2. The van der Waals surface area contributed by atoms with E-state index < -0.39 is 218 Å². The summed E-state index contributed by atoms with van der Waals surface area (Å²) in [6, 6.07) is 5.28. The number of anilines is 1. The van der Waals surface area contributed by atoms with Crippen molar-refractivity contribution in [2.24, 2.45) is 5.73 Å². The number of halogens is 1. The Balaban J connectivity index is 0.854. The first-order valence-electron chi connectivity index (χ1n) is 32.6. The lowest BCUT2D eigenvalue weighted by atomic mass is 10.0. The van der Waals surface area contributed by atoms with E-state index in [4.69, 9.17) is 51.6 Å². The first-order valence-corrected chi connectivity index (χ1v) is 36.5. The van der Waals surface area contributed by atoms with E-state index in [1.54, 1.807) is 23.0 Å². The molecular weight excluding hydrogens is 1560 g/mol. The summed E-state index contributed by atoms with van der Waals surface area (Å²) in [5.74, 6) is 13.4. The van der Waals surface area contributed by atoms with Gasteiger partial charge >= 0.3 is 27.0 Å². The lowest BCUT2D eigenvalue weighted by molar-refractivity contribution is -0.386. The predicted octanol–water partition coefficient (Wildman–Crippen LogP) is -0.0968. The van der Waals surface area contributed by atoms with Gasteiger partial charge in [0.1, 0.15) is 118 Å². The fourth-order valence-electron chi connectivity index (χ4n) is 13.9. The van der Waals surface area contributed by atoms with Crippen LogP contribution in [-0.2, 0) is 63.6 Å². The number of aliphatic hydroxyl groups excluding tert-OH is 1. The van der Waals surface area contributed by atoms with E-state index in [-0.39, 0.29) is 75.9 Å². The summed E-state index contributed by atoms with van der Waals surface area (Å²) in [5.41, 5.74) is 1.65. The average Bonchev–Trinajstić information content (AvgIpc) is 1.54. The second-order valence-electron chi connectivity index (χ2n) is 26.2. The summed E-state index contributed by atoms with van der Waals surface area (Å²) in [7, 11) is -10.9. The van der Waals surface area contributed by atoms with E-state index in [2.05, 4.69) is 76.7 Å². The molecule has 18 bridgehead atoms. The van der Waals surface area contributed by atoms with Crippen LogP contribution in [0.5, 0.6) is 0 Å². The van der Waals surface area contributed by atoms with Crippen LogP contribution in [0.3, 0.4) is 0 Å². The van der Waals surface area contributed by atoms with Gasteiger partial charge in [-0.15, -0.1) is 0 Å². The Kier molecular flexibility index (Phi) is 19.5. The summed E-state index contributed by atoms with van der Waals surface area (Å²) < 4.78 is 86.6.